The minimum atomic E-state index is -0.408. The van der Waals surface area contributed by atoms with E-state index in [-0.39, 0.29) is 23.5 Å². The lowest BCUT2D eigenvalue weighted by molar-refractivity contribution is -0.134. The van der Waals surface area contributed by atoms with Gasteiger partial charge in [-0.1, -0.05) is 23.2 Å². The number of hydrogen-bond acceptors (Lipinski definition) is 4. The first kappa shape index (κ1) is 21.4. The van der Waals surface area contributed by atoms with Crippen molar-refractivity contribution in [2.75, 3.05) is 31.6 Å². The number of anilines is 1. The first-order valence-corrected chi connectivity index (χ1v) is 10.5. The zero-order valence-corrected chi connectivity index (χ0v) is 19.3. The standard InChI is InChI=1S/C18H20Cl2FIN4O2/c1-10-8-24(14-7-15(28-3)12(19)6-13(14)21)4-5-25(10)16(27)9-26-11(2)17(20)18(22)23-26/h6-7,10H,4-5,8-9H2,1-3H3. The smallest absolute Gasteiger partial charge is 0.244 e. The Morgan fingerprint density at radius 1 is 1.39 bits per heavy atom. The third kappa shape index (κ3) is 4.18. The van der Waals surface area contributed by atoms with Gasteiger partial charge in [0.2, 0.25) is 5.91 Å². The normalized spacial score (nSPS) is 17.2. The number of nitrogens with zero attached hydrogens (tertiary/aromatic N) is 4. The summed E-state index contributed by atoms with van der Waals surface area (Å²) in [4.78, 5) is 16.5. The zero-order valence-electron chi connectivity index (χ0n) is 15.7. The van der Waals surface area contributed by atoms with Crippen molar-refractivity contribution < 1.29 is 13.9 Å². The first-order chi connectivity index (χ1) is 13.2. The number of carbonyl (C=O) groups is 1. The second-order valence-electron chi connectivity index (χ2n) is 6.67. The molecular weight excluding hydrogens is 521 g/mol. The molecule has 1 fully saturated rings. The molecule has 0 N–H and O–H groups in total. The summed E-state index contributed by atoms with van der Waals surface area (Å²) in [5, 5.41) is 5.11. The zero-order chi connectivity index (χ0) is 20.6. The van der Waals surface area contributed by atoms with Gasteiger partial charge in [0, 0.05) is 31.7 Å². The van der Waals surface area contributed by atoms with E-state index < -0.39 is 5.82 Å². The van der Waals surface area contributed by atoms with Crippen molar-refractivity contribution >= 4 is 57.4 Å². The summed E-state index contributed by atoms with van der Waals surface area (Å²) >= 11 is 14.2. The summed E-state index contributed by atoms with van der Waals surface area (Å²) < 4.78 is 21.9. The van der Waals surface area contributed by atoms with E-state index in [0.717, 1.165) is 5.69 Å². The molecule has 2 heterocycles. The predicted octanol–water partition coefficient (Wildman–Crippen LogP) is 3.99. The highest BCUT2D eigenvalue weighted by Gasteiger charge is 2.29. The van der Waals surface area contributed by atoms with Gasteiger partial charge in [0.25, 0.3) is 0 Å². The molecule has 10 heteroatoms. The van der Waals surface area contributed by atoms with Gasteiger partial charge in [-0.15, -0.1) is 0 Å². The molecule has 152 valence electrons. The number of aromatic nitrogens is 2. The van der Waals surface area contributed by atoms with Gasteiger partial charge in [0.05, 0.1) is 28.5 Å². The van der Waals surface area contributed by atoms with Crippen LogP contribution in [0.25, 0.3) is 0 Å². The van der Waals surface area contributed by atoms with E-state index in [2.05, 4.69) is 5.10 Å². The van der Waals surface area contributed by atoms with Gasteiger partial charge in [-0.2, -0.15) is 5.10 Å². The molecule has 1 atom stereocenters. The largest absolute Gasteiger partial charge is 0.495 e. The number of amides is 1. The van der Waals surface area contributed by atoms with Crippen LogP contribution in [0.4, 0.5) is 10.1 Å². The molecule has 1 aliphatic heterocycles. The van der Waals surface area contributed by atoms with Crippen LogP contribution in [0.15, 0.2) is 12.1 Å². The summed E-state index contributed by atoms with van der Waals surface area (Å²) in [6.07, 6.45) is 0. The molecule has 0 radical (unpaired) electrons. The molecule has 1 amide bonds. The highest BCUT2D eigenvalue weighted by molar-refractivity contribution is 14.1. The van der Waals surface area contributed by atoms with Crippen molar-refractivity contribution in [3.63, 3.8) is 0 Å². The molecule has 2 aromatic rings. The fourth-order valence-corrected chi connectivity index (χ4v) is 4.34. The minimum Gasteiger partial charge on any atom is -0.495 e. The number of methoxy groups -OCH3 is 1. The van der Waals surface area contributed by atoms with Gasteiger partial charge >= 0.3 is 0 Å². The lowest BCUT2D eigenvalue weighted by Crippen LogP contribution is -2.55. The van der Waals surface area contributed by atoms with Crippen LogP contribution < -0.4 is 9.64 Å². The summed E-state index contributed by atoms with van der Waals surface area (Å²) in [5.74, 6) is -0.0287. The Hall–Kier alpha value is -1.26. The Balaban J connectivity index is 1.71. The molecule has 0 saturated carbocycles. The van der Waals surface area contributed by atoms with Gasteiger partial charge < -0.3 is 14.5 Å². The Labute approximate surface area is 186 Å². The quantitative estimate of drug-likeness (QED) is 0.550. The average Bonchev–Trinajstić information content (AvgIpc) is 2.88. The average molecular weight is 541 g/mol. The van der Waals surface area contributed by atoms with Crippen LogP contribution in [0, 0.1) is 16.4 Å². The number of hydrogen-bond donors (Lipinski definition) is 0. The van der Waals surface area contributed by atoms with Gasteiger partial charge in [-0.3, -0.25) is 9.48 Å². The number of piperazine rings is 1. The van der Waals surface area contributed by atoms with Crippen molar-refractivity contribution in [1.29, 1.82) is 0 Å². The molecule has 1 aromatic carbocycles. The molecule has 0 bridgehead atoms. The van der Waals surface area contributed by atoms with E-state index >= 15 is 0 Å². The number of rotatable bonds is 4. The summed E-state index contributed by atoms with van der Waals surface area (Å²) in [6.45, 7) is 5.40. The van der Waals surface area contributed by atoms with Crippen molar-refractivity contribution in [3.05, 3.63) is 37.4 Å². The molecule has 0 aliphatic carbocycles. The molecule has 3 rings (SSSR count). The van der Waals surface area contributed by atoms with Gasteiger partial charge in [0.15, 0.2) is 0 Å². The minimum absolute atomic E-state index is 0.0417. The molecule has 6 nitrogen and oxygen atoms in total. The second kappa shape index (κ2) is 8.62. The molecule has 1 saturated heterocycles. The molecule has 1 aliphatic rings. The van der Waals surface area contributed by atoms with Crippen molar-refractivity contribution in [2.45, 2.75) is 26.4 Å². The van der Waals surface area contributed by atoms with Gasteiger partial charge in [-0.05, 0) is 42.5 Å². The highest BCUT2D eigenvalue weighted by atomic mass is 127. The van der Waals surface area contributed by atoms with E-state index in [1.807, 2.05) is 41.3 Å². The van der Waals surface area contributed by atoms with Crippen LogP contribution in [-0.4, -0.2) is 53.4 Å². The van der Waals surface area contributed by atoms with Crippen LogP contribution in [-0.2, 0) is 11.3 Å². The van der Waals surface area contributed by atoms with E-state index in [9.17, 15) is 9.18 Å². The lowest BCUT2D eigenvalue weighted by Gasteiger charge is -2.41. The van der Waals surface area contributed by atoms with Crippen molar-refractivity contribution in [2.24, 2.45) is 0 Å². The lowest BCUT2D eigenvalue weighted by atomic mass is 10.1. The monoisotopic (exact) mass is 540 g/mol. The molecule has 1 aromatic heterocycles. The summed E-state index contributed by atoms with van der Waals surface area (Å²) in [5.41, 5.74) is 1.19. The maximum atomic E-state index is 14.4. The Bertz CT molecular complexity index is 908. The number of halogens is 4. The predicted molar refractivity (Wildman–Crippen MR) is 116 cm³/mol. The van der Waals surface area contributed by atoms with E-state index in [0.29, 0.717) is 39.8 Å². The van der Waals surface area contributed by atoms with Crippen molar-refractivity contribution in [3.8, 4) is 5.75 Å². The van der Waals surface area contributed by atoms with Gasteiger partial charge in [-0.25, -0.2) is 4.39 Å². The van der Waals surface area contributed by atoms with E-state index in [1.165, 1.54) is 13.2 Å². The topological polar surface area (TPSA) is 50.6 Å². The summed E-state index contributed by atoms with van der Waals surface area (Å²) in [6, 6.07) is 2.76. The van der Waals surface area contributed by atoms with E-state index in [4.69, 9.17) is 27.9 Å². The second-order valence-corrected chi connectivity index (χ2v) is 8.48. The summed E-state index contributed by atoms with van der Waals surface area (Å²) in [7, 11) is 1.49. The number of carbonyl (C=O) groups excluding carboxylic acids is 1. The van der Waals surface area contributed by atoms with Gasteiger partial charge in [0.1, 0.15) is 21.8 Å². The maximum Gasteiger partial charge on any atom is 0.244 e. The Morgan fingerprint density at radius 2 is 2.11 bits per heavy atom. The fraction of sp³-hybridized carbons (Fsp3) is 0.444. The third-order valence-electron chi connectivity index (χ3n) is 4.89. The Morgan fingerprint density at radius 3 is 2.68 bits per heavy atom. The molecule has 28 heavy (non-hydrogen) atoms. The highest BCUT2D eigenvalue weighted by Crippen LogP contribution is 2.33. The van der Waals surface area contributed by atoms with Crippen LogP contribution in [0.2, 0.25) is 10.0 Å². The van der Waals surface area contributed by atoms with E-state index in [1.54, 1.807) is 15.6 Å². The molecule has 0 spiro atoms. The Kier molecular flexibility index (Phi) is 6.61. The maximum absolute atomic E-state index is 14.4. The first-order valence-electron chi connectivity index (χ1n) is 8.68. The van der Waals surface area contributed by atoms with Crippen LogP contribution in [0.1, 0.15) is 12.6 Å². The van der Waals surface area contributed by atoms with Crippen LogP contribution in [0.3, 0.4) is 0 Å². The van der Waals surface area contributed by atoms with Crippen LogP contribution >= 0.6 is 45.8 Å². The SMILES string of the molecule is COc1cc(N2CCN(C(=O)Cn3nc(I)c(Cl)c3C)C(C)C2)c(F)cc1Cl. The molecule has 1 unspecified atom stereocenters. The fourth-order valence-electron chi connectivity index (χ4n) is 3.32. The van der Waals surface area contributed by atoms with Crippen LogP contribution in [0.5, 0.6) is 5.75 Å². The third-order valence-corrected chi connectivity index (χ3v) is 6.71. The number of ether oxygens (including phenoxy) is 1. The van der Waals surface area contributed by atoms with Crippen molar-refractivity contribution in [1.82, 2.24) is 14.7 Å². The molecular formula is C18H20Cl2FIN4O2. The number of benzene rings is 1.